The zero-order valence-corrected chi connectivity index (χ0v) is 48.7. The average molecular weight is 1170 g/mol. The Morgan fingerprint density at radius 1 is 0.176 bits per heavy atom. The first kappa shape index (κ1) is 53.8. The van der Waals surface area contributed by atoms with Crippen molar-refractivity contribution in [2.24, 2.45) is 0 Å². The summed E-state index contributed by atoms with van der Waals surface area (Å²) in [6, 6.07) is 102. The van der Waals surface area contributed by atoms with Gasteiger partial charge in [-0.05, 0) is 30.3 Å². The van der Waals surface area contributed by atoms with Crippen molar-refractivity contribution in [1.82, 2.24) is 59.4 Å². The number of aromatic nitrogens is 12. The Bertz CT molecular complexity index is 4900. The average Bonchev–Trinajstić information content (AvgIpc) is 1.63. The normalized spacial score (nSPS) is 11.3. The van der Waals surface area contributed by atoms with Crippen LogP contribution < -0.4 is 0 Å². The number of fused-ring (bicyclic) bond motifs is 3. The Labute approximate surface area is 523 Å². The van der Waals surface area contributed by atoms with Crippen molar-refractivity contribution in [2.75, 3.05) is 0 Å². The summed E-state index contributed by atoms with van der Waals surface area (Å²) >= 11 is 0. The van der Waals surface area contributed by atoms with Gasteiger partial charge in [-0.25, -0.2) is 54.8 Å². The molecule has 0 fully saturated rings. The van der Waals surface area contributed by atoms with Gasteiger partial charge in [0.15, 0.2) is 58.2 Å². The first-order chi connectivity index (χ1) is 45.1. The van der Waals surface area contributed by atoms with E-state index in [2.05, 4.69) is 77.4 Å². The van der Waals surface area contributed by atoms with Crippen LogP contribution in [0.25, 0.3) is 164 Å². The number of hydrogen-bond acceptors (Lipinski definition) is 11. The molecule has 426 valence electrons. The van der Waals surface area contributed by atoms with E-state index < -0.39 is 0 Å². The standard InChI is InChI=1S/C79H50N12/c1-9-25-51(26-10-1)65-50-66(81-70(80-65)52-27-11-2-12-28-52)59-43-46-67(64(47-59)79-89-75(57-37-21-7-22-38-57)84-76(90-79)58-39-23-8-24-40-58)91-68-48-60(77-85-71(53-29-13-3-14-30-53)82-72(86-77)54-31-15-4-16-32-54)41-44-62(68)63-45-42-61(49-69(63)91)78-87-73(55-33-17-5-18-34-55)83-74(88-78)56-35-19-6-20-36-56/h1-50H. The molecule has 0 bridgehead atoms. The second kappa shape index (κ2) is 23.5. The van der Waals surface area contributed by atoms with Crippen LogP contribution in [-0.4, -0.2) is 59.4 Å². The topological polar surface area (TPSA) is 147 Å². The van der Waals surface area contributed by atoms with Crippen LogP contribution in [-0.2, 0) is 0 Å². The van der Waals surface area contributed by atoms with Crippen molar-refractivity contribution in [2.45, 2.75) is 0 Å². The van der Waals surface area contributed by atoms with E-state index >= 15 is 0 Å². The molecule has 0 spiro atoms. The molecule has 0 N–H and O–H groups in total. The Morgan fingerprint density at radius 3 is 0.747 bits per heavy atom. The lowest BCUT2D eigenvalue weighted by molar-refractivity contribution is 1.06. The van der Waals surface area contributed by atoms with Crippen LogP contribution in [0.3, 0.4) is 0 Å². The second-order valence-electron chi connectivity index (χ2n) is 21.8. The Kier molecular flexibility index (Phi) is 13.9. The highest BCUT2D eigenvalue weighted by Gasteiger charge is 2.24. The van der Waals surface area contributed by atoms with Crippen molar-refractivity contribution >= 4 is 21.8 Å². The van der Waals surface area contributed by atoms with Crippen molar-refractivity contribution in [3.63, 3.8) is 0 Å². The van der Waals surface area contributed by atoms with E-state index in [9.17, 15) is 0 Å². The van der Waals surface area contributed by atoms with Gasteiger partial charge < -0.3 is 4.57 Å². The molecule has 12 nitrogen and oxygen atoms in total. The Morgan fingerprint density at radius 2 is 0.429 bits per heavy atom. The molecule has 0 aliphatic heterocycles. The van der Waals surface area contributed by atoms with Gasteiger partial charge in [0.25, 0.3) is 0 Å². The quantitative estimate of drug-likeness (QED) is 0.109. The number of nitrogens with zero attached hydrogens (tertiary/aromatic N) is 12. The summed E-state index contributed by atoms with van der Waals surface area (Å²) in [6.45, 7) is 0. The summed E-state index contributed by atoms with van der Waals surface area (Å²) in [5.74, 6) is 5.34. The summed E-state index contributed by atoms with van der Waals surface area (Å²) in [7, 11) is 0. The SMILES string of the molecule is c1ccc(-c2cc(-c3ccc(-n4c5cc(-c6nc(-c7ccccc7)nc(-c7ccccc7)n6)ccc5c5ccc(-c6nc(-c7ccccc7)nc(-c7ccccc7)n6)cc54)c(-c4nc(-c5ccccc5)nc(-c5ccccc5)n4)c3)nc(-c3ccccc3)n2)cc1. The van der Waals surface area contributed by atoms with Crippen molar-refractivity contribution in [3.05, 3.63) is 303 Å². The van der Waals surface area contributed by atoms with Crippen LogP contribution in [0.4, 0.5) is 0 Å². The maximum absolute atomic E-state index is 5.46. The molecule has 5 aromatic heterocycles. The fraction of sp³-hybridized carbons (Fsp3) is 0. The van der Waals surface area contributed by atoms with E-state index in [1.807, 2.05) is 231 Å². The lowest BCUT2D eigenvalue weighted by Crippen LogP contribution is -2.05. The van der Waals surface area contributed by atoms with Gasteiger partial charge in [-0.2, -0.15) is 0 Å². The van der Waals surface area contributed by atoms with Gasteiger partial charge in [0.2, 0.25) is 0 Å². The molecule has 0 aliphatic rings. The van der Waals surface area contributed by atoms with E-state index in [0.717, 1.165) is 94.4 Å². The third-order valence-electron chi connectivity index (χ3n) is 16.0. The minimum Gasteiger partial charge on any atom is -0.308 e. The summed E-state index contributed by atoms with van der Waals surface area (Å²) < 4.78 is 2.30. The predicted molar refractivity (Wildman–Crippen MR) is 362 cm³/mol. The molecule has 16 aromatic rings. The largest absolute Gasteiger partial charge is 0.308 e. The molecular formula is C79H50N12. The highest BCUT2D eigenvalue weighted by molar-refractivity contribution is 6.11. The van der Waals surface area contributed by atoms with Crippen LogP contribution in [0.5, 0.6) is 0 Å². The Hall–Kier alpha value is -12.7. The smallest absolute Gasteiger partial charge is 0.166 e. The van der Waals surface area contributed by atoms with Crippen LogP contribution in [0, 0.1) is 0 Å². The van der Waals surface area contributed by atoms with Gasteiger partial charge in [0.1, 0.15) is 0 Å². The van der Waals surface area contributed by atoms with E-state index in [1.165, 1.54) is 0 Å². The van der Waals surface area contributed by atoms with Gasteiger partial charge >= 0.3 is 0 Å². The molecule has 0 aliphatic carbocycles. The van der Waals surface area contributed by atoms with E-state index in [-0.39, 0.29) is 0 Å². The fourth-order valence-electron chi connectivity index (χ4n) is 11.5. The molecule has 12 heteroatoms. The van der Waals surface area contributed by atoms with Crippen molar-refractivity contribution < 1.29 is 0 Å². The highest BCUT2D eigenvalue weighted by Crippen LogP contribution is 2.42. The summed E-state index contributed by atoms with van der Waals surface area (Å²) in [5, 5.41) is 1.96. The molecule has 0 saturated carbocycles. The van der Waals surface area contributed by atoms with Crippen molar-refractivity contribution in [1.29, 1.82) is 0 Å². The molecule has 0 radical (unpaired) electrons. The zero-order valence-electron chi connectivity index (χ0n) is 48.7. The Balaban J connectivity index is 0.994. The van der Waals surface area contributed by atoms with E-state index in [1.54, 1.807) is 0 Å². The number of rotatable bonds is 13. The molecule has 0 unspecified atom stereocenters. The highest BCUT2D eigenvalue weighted by atomic mass is 15.1. The zero-order chi connectivity index (χ0) is 60.5. The van der Waals surface area contributed by atoms with Crippen LogP contribution in [0.2, 0.25) is 0 Å². The third-order valence-corrected chi connectivity index (χ3v) is 16.0. The van der Waals surface area contributed by atoms with Crippen LogP contribution in [0.1, 0.15) is 0 Å². The van der Waals surface area contributed by atoms with Crippen molar-refractivity contribution in [3.8, 4) is 142 Å². The molecule has 91 heavy (non-hydrogen) atoms. The predicted octanol–water partition coefficient (Wildman–Crippen LogP) is 18.1. The number of hydrogen-bond donors (Lipinski definition) is 0. The minimum atomic E-state index is 0.447. The first-order valence-electron chi connectivity index (χ1n) is 29.9. The molecule has 11 aromatic carbocycles. The molecule has 16 rings (SSSR count). The minimum absolute atomic E-state index is 0.447. The van der Waals surface area contributed by atoms with E-state index in [0.29, 0.717) is 69.5 Å². The fourth-order valence-corrected chi connectivity index (χ4v) is 11.5. The van der Waals surface area contributed by atoms with Crippen LogP contribution in [0.15, 0.2) is 303 Å². The summed E-state index contributed by atoms with van der Waals surface area (Å²) in [4.78, 5) is 57.7. The maximum atomic E-state index is 5.46. The number of benzene rings is 11. The molecule has 0 amide bonds. The molecule has 0 atom stereocenters. The van der Waals surface area contributed by atoms with E-state index in [4.69, 9.17) is 54.8 Å². The molecular weight excluding hydrogens is 1120 g/mol. The lowest BCUT2D eigenvalue weighted by atomic mass is 10.0. The first-order valence-corrected chi connectivity index (χ1v) is 29.9. The molecule has 0 saturated heterocycles. The second-order valence-corrected chi connectivity index (χ2v) is 21.8. The molecule has 5 heterocycles. The maximum Gasteiger partial charge on any atom is 0.166 e. The summed E-state index contributed by atoms with van der Waals surface area (Å²) in [6.07, 6.45) is 0. The third kappa shape index (κ3) is 10.7. The van der Waals surface area contributed by atoms with Crippen LogP contribution >= 0.6 is 0 Å². The monoisotopic (exact) mass is 1170 g/mol. The van der Waals surface area contributed by atoms with Gasteiger partial charge in [0, 0.05) is 77.5 Å². The van der Waals surface area contributed by atoms with Gasteiger partial charge in [-0.1, -0.05) is 273 Å². The van der Waals surface area contributed by atoms with Gasteiger partial charge in [0.05, 0.1) is 28.1 Å². The van der Waals surface area contributed by atoms with Gasteiger partial charge in [-0.3, -0.25) is 0 Å². The van der Waals surface area contributed by atoms with Gasteiger partial charge in [-0.15, -0.1) is 0 Å². The summed E-state index contributed by atoms with van der Waals surface area (Å²) in [5.41, 5.74) is 14.1. The lowest BCUT2D eigenvalue weighted by Gasteiger charge is -2.17.